The van der Waals surface area contributed by atoms with Gasteiger partial charge in [0.15, 0.2) is 0 Å². The first kappa shape index (κ1) is 21.5. The molecule has 0 saturated carbocycles. The van der Waals surface area contributed by atoms with Gasteiger partial charge >= 0.3 is 6.09 Å². The molecule has 2 aliphatic heterocycles. The number of rotatable bonds is 1. The summed E-state index contributed by atoms with van der Waals surface area (Å²) in [4.78, 5) is 17.2. The molecular weight excluding hydrogens is 395 g/mol. The zero-order chi connectivity index (χ0) is 21.8. The van der Waals surface area contributed by atoms with Gasteiger partial charge in [0.05, 0.1) is 15.0 Å². The molecule has 0 aliphatic carbocycles. The van der Waals surface area contributed by atoms with E-state index < -0.39 is 42.8 Å². The maximum absolute atomic E-state index is 14.8. The molecule has 2 heterocycles. The molecule has 9 heteroatoms. The number of alkyl carbamates (subject to hydrolysis) is 1. The Labute approximate surface area is 171 Å². The summed E-state index contributed by atoms with van der Waals surface area (Å²) in [5.74, 6) is -0.321. The van der Waals surface area contributed by atoms with Crippen LogP contribution in [0.1, 0.15) is 53.5 Å². The van der Waals surface area contributed by atoms with Gasteiger partial charge in [-0.15, -0.1) is 0 Å². The molecule has 3 N–H and O–H groups in total. The fourth-order valence-electron chi connectivity index (χ4n) is 3.98. The van der Waals surface area contributed by atoms with Crippen molar-refractivity contribution in [2.24, 2.45) is 9.36 Å². The molecule has 160 valence electrons. The van der Waals surface area contributed by atoms with Crippen molar-refractivity contribution in [3.63, 3.8) is 0 Å². The number of fused-ring (bicyclic) bond motifs is 1. The molecule has 1 amide bonds. The summed E-state index contributed by atoms with van der Waals surface area (Å²) >= 11 is 0. The number of ether oxygens (including phenoxy) is 1. The highest BCUT2D eigenvalue weighted by Crippen LogP contribution is 2.48. The van der Waals surface area contributed by atoms with Crippen molar-refractivity contribution in [2.75, 3.05) is 12.3 Å². The lowest BCUT2D eigenvalue weighted by Gasteiger charge is -2.45. The van der Waals surface area contributed by atoms with Gasteiger partial charge < -0.3 is 10.5 Å². The lowest BCUT2D eigenvalue weighted by atomic mass is 9.86. The molecule has 2 aliphatic rings. The molecule has 0 radical (unpaired) electrons. The van der Waals surface area contributed by atoms with Gasteiger partial charge in [-0.25, -0.2) is 17.8 Å². The number of amides is 1. The van der Waals surface area contributed by atoms with Gasteiger partial charge in [-0.3, -0.25) is 10.3 Å². The Kier molecular flexibility index (Phi) is 4.97. The second kappa shape index (κ2) is 6.68. The number of nitrogens with one attached hydrogen (secondary N) is 1. The van der Waals surface area contributed by atoms with E-state index in [0.29, 0.717) is 18.7 Å². The molecule has 0 aromatic heterocycles. The van der Waals surface area contributed by atoms with E-state index in [4.69, 9.17) is 15.5 Å². The van der Waals surface area contributed by atoms with E-state index in [1.54, 1.807) is 41.5 Å². The summed E-state index contributed by atoms with van der Waals surface area (Å²) in [6, 6.07) is 4.26. The molecule has 7 nitrogen and oxygen atoms in total. The van der Waals surface area contributed by atoms with Crippen LogP contribution in [0, 0.1) is 5.82 Å². The molecule has 3 rings (SSSR count). The smallest absolute Gasteiger partial charge is 0.413 e. The third-order valence-corrected chi connectivity index (χ3v) is 9.18. The van der Waals surface area contributed by atoms with Crippen LogP contribution >= 0.6 is 0 Å². The predicted molar refractivity (Wildman–Crippen MR) is 113 cm³/mol. The van der Waals surface area contributed by atoms with Crippen molar-refractivity contribution in [1.82, 2.24) is 5.32 Å². The number of hydrogen-bond acceptors (Lipinski definition) is 6. The number of carbonyl (C=O) groups excluding carboxylic acids is 1. The first-order chi connectivity index (χ1) is 13.2. The van der Waals surface area contributed by atoms with Gasteiger partial charge in [0.25, 0.3) is 0 Å². The van der Waals surface area contributed by atoms with E-state index >= 15 is 0 Å². The normalized spacial score (nSPS) is 30.7. The van der Waals surface area contributed by atoms with Crippen molar-refractivity contribution in [3.8, 4) is 0 Å². The Morgan fingerprint density at radius 1 is 1.34 bits per heavy atom. The fourth-order valence-corrected chi connectivity index (χ4v) is 7.18. The SMILES string of the molecule is CC(C)(C)OC(=O)NC1=N[C@](C)(c2cc(N)ccc2F)[C@@H]2CCN=[S@]2(=O)C1(C)C. The number of amidine groups is 1. The Morgan fingerprint density at radius 3 is 2.62 bits per heavy atom. The van der Waals surface area contributed by atoms with Crippen LogP contribution in [-0.4, -0.2) is 38.3 Å². The minimum absolute atomic E-state index is 0.169. The highest BCUT2D eigenvalue weighted by atomic mass is 32.2. The predicted octanol–water partition coefficient (Wildman–Crippen LogP) is 3.58. The largest absolute Gasteiger partial charge is 0.444 e. The van der Waals surface area contributed by atoms with Crippen LogP contribution in [0.25, 0.3) is 0 Å². The average molecular weight is 425 g/mol. The summed E-state index contributed by atoms with van der Waals surface area (Å²) < 4.78 is 37.7. The van der Waals surface area contributed by atoms with Crippen molar-refractivity contribution in [2.45, 2.75) is 69.1 Å². The van der Waals surface area contributed by atoms with E-state index in [9.17, 15) is 13.4 Å². The minimum Gasteiger partial charge on any atom is -0.444 e. The van der Waals surface area contributed by atoms with Crippen LogP contribution in [0.15, 0.2) is 27.6 Å². The minimum atomic E-state index is -2.88. The van der Waals surface area contributed by atoms with Gasteiger partial charge in [0, 0.05) is 17.8 Å². The Bertz CT molecular complexity index is 1010. The van der Waals surface area contributed by atoms with Crippen LogP contribution in [0.3, 0.4) is 0 Å². The molecule has 29 heavy (non-hydrogen) atoms. The molecule has 0 bridgehead atoms. The van der Waals surface area contributed by atoms with Gasteiger partial charge in [0.2, 0.25) is 0 Å². The van der Waals surface area contributed by atoms with Crippen molar-refractivity contribution in [3.05, 3.63) is 29.6 Å². The maximum atomic E-state index is 14.8. The van der Waals surface area contributed by atoms with Crippen molar-refractivity contribution < 1.29 is 18.1 Å². The lowest BCUT2D eigenvalue weighted by molar-refractivity contribution is 0.0560. The van der Waals surface area contributed by atoms with Crippen molar-refractivity contribution >= 4 is 27.3 Å². The molecule has 3 atom stereocenters. The van der Waals surface area contributed by atoms with Gasteiger partial charge in [0.1, 0.15) is 27.5 Å². The highest BCUT2D eigenvalue weighted by molar-refractivity contribution is 7.96. The number of anilines is 1. The summed E-state index contributed by atoms with van der Waals surface area (Å²) in [7, 11) is -2.88. The Hall–Kier alpha value is -2.16. The first-order valence-electron chi connectivity index (χ1n) is 9.58. The van der Waals surface area contributed by atoms with Gasteiger partial charge in [-0.2, -0.15) is 0 Å². The Morgan fingerprint density at radius 2 is 2.00 bits per heavy atom. The summed E-state index contributed by atoms with van der Waals surface area (Å²) in [6.07, 6.45) is -0.199. The monoisotopic (exact) mass is 424 g/mol. The summed E-state index contributed by atoms with van der Waals surface area (Å²) in [6.45, 7) is 10.8. The number of benzene rings is 1. The summed E-state index contributed by atoms with van der Waals surface area (Å²) in [5, 5.41) is 2.15. The molecule has 0 fully saturated rings. The first-order valence-corrected chi connectivity index (χ1v) is 11.2. The topological polar surface area (TPSA) is 106 Å². The van der Waals surface area contributed by atoms with Gasteiger partial charge in [-0.1, -0.05) is 0 Å². The molecule has 1 aromatic carbocycles. The molecule has 0 saturated heterocycles. The van der Waals surface area contributed by atoms with E-state index in [-0.39, 0.29) is 11.4 Å². The lowest BCUT2D eigenvalue weighted by Crippen LogP contribution is -2.60. The number of halogens is 1. The third-order valence-electron chi connectivity index (χ3n) is 5.49. The van der Waals surface area contributed by atoms with E-state index in [0.717, 1.165) is 0 Å². The number of nitrogens with two attached hydrogens (primary N) is 1. The van der Waals surface area contributed by atoms with E-state index in [2.05, 4.69) is 9.68 Å². The quantitative estimate of drug-likeness (QED) is 0.672. The van der Waals surface area contributed by atoms with E-state index in [1.807, 2.05) is 0 Å². The third kappa shape index (κ3) is 3.49. The van der Waals surface area contributed by atoms with Crippen LogP contribution in [0.5, 0.6) is 0 Å². The molecule has 0 unspecified atom stereocenters. The van der Waals surface area contributed by atoms with Gasteiger partial charge in [-0.05, 0) is 66.2 Å². The zero-order valence-electron chi connectivity index (χ0n) is 17.7. The maximum Gasteiger partial charge on any atom is 0.413 e. The Balaban J connectivity index is 2.18. The molecular formula is C20H29FN4O3S. The fraction of sp³-hybridized carbons (Fsp3) is 0.600. The molecule has 1 aromatic rings. The van der Waals surface area contributed by atoms with Crippen molar-refractivity contribution in [1.29, 1.82) is 0 Å². The van der Waals surface area contributed by atoms with Crippen LogP contribution in [0.2, 0.25) is 0 Å². The van der Waals surface area contributed by atoms with E-state index in [1.165, 1.54) is 18.2 Å². The second-order valence-corrected chi connectivity index (χ2v) is 12.2. The number of carbonyl (C=O) groups is 1. The molecule has 0 spiro atoms. The standard InChI is InChI=1S/C20H29FN4O3S/c1-18(2,3)28-17(26)24-16-19(4,5)29(27)15(9-10-23-29)20(6,25-16)13-11-12(22)7-8-14(13)21/h7-8,11,15H,9-10,22H2,1-6H3,(H,24,25,26)/t15-,20+,29+/m0/s1. The summed E-state index contributed by atoms with van der Waals surface area (Å²) in [5.41, 5.74) is 4.61. The number of aliphatic imine (C=N–C) groups is 1. The average Bonchev–Trinajstić information content (AvgIpc) is 2.98. The zero-order valence-corrected chi connectivity index (χ0v) is 18.5. The van der Waals surface area contributed by atoms with Crippen LogP contribution < -0.4 is 11.1 Å². The number of hydrogen-bond donors (Lipinski definition) is 2. The second-order valence-electron chi connectivity index (χ2n) is 9.18. The van der Waals surface area contributed by atoms with Crippen LogP contribution in [-0.2, 0) is 20.0 Å². The van der Waals surface area contributed by atoms with Crippen LogP contribution in [0.4, 0.5) is 14.9 Å². The number of nitrogens with zero attached hydrogens (tertiary/aromatic N) is 2. The number of nitrogen functional groups attached to an aromatic ring is 1. The highest BCUT2D eigenvalue weighted by Gasteiger charge is 2.57.